The number of esters is 1. The Balaban J connectivity index is 1.51. The fourth-order valence-corrected chi connectivity index (χ4v) is 4.50. The minimum absolute atomic E-state index is 0.172. The molecule has 0 N–H and O–H groups in total. The Hall–Kier alpha value is -4.46. The van der Waals surface area contributed by atoms with Crippen LogP contribution in [0.1, 0.15) is 28.4 Å². The molecule has 0 saturated heterocycles. The maximum atomic E-state index is 13.4. The molecule has 0 radical (unpaired) electrons. The number of carbonyl (C=O) groups is 1. The third-order valence-electron chi connectivity index (χ3n) is 6.01. The average Bonchev–Trinajstić information content (AvgIpc) is 2.94. The Bertz CT molecular complexity index is 1810. The minimum Gasteiger partial charge on any atom is -0.490 e. The quantitative estimate of drug-likeness (QED) is 0.117. The Morgan fingerprint density at radius 2 is 1.75 bits per heavy atom. The molecular weight excluding hydrogens is 549 g/mol. The number of nitrogens with zero attached hydrogens (tertiary/aromatic N) is 3. The van der Waals surface area contributed by atoms with Crippen LogP contribution >= 0.6 is 23.2 Å². The van der Waals surface area contributed by atoms with E-state index in [0.717, 1.165) is 11.1 Å². The van der Waals surface area contributed by atoms with E-state index in [1.807, 2.05) is 44.2 Å². The Labute approximate surface area is 240 Å². The summed E-state index contributed by atoms with van der Waals surface area (Å²) < 4.78 is 12.6. The summed E-state index contributed by atoms with van der Waals surface area (Å²) in [5, 5.41) is 5.55. The average molecular weight is 572 g/mol. The smallest absolute Gasteiger partial charge is 0.345 e. The number of fused-ring (bicyclic) bond motifs is 1. The summed E-state index contributed by atoms with van der Waals surface area (Å²) in [6, 6.07) is 24.3. The lowest BCUT2D eigenvalue weighted by Gasteiger charge is -2.12. The van der Waals surface area contributed by atoms with Crippen molar-refractivity contribution < 1.29 is 14.3 Å². The zero-order valence-corrected chi connectivity index (χ0v) is 23.1. The molecule has 0 unspecified atom stereocenters. The summed E-state index contributed by atoms with van der Waals surface area (Å²) in [6.07, 6.45) is 1.53. The zero-order valence-electron chi connectivity index (χ0n) is 21.6. The van der Waals surface area contributed by atoms with Crippen LogP contribution in [-0.2, 0) is 0 Å². The molecule has 0 fully saturated rings. The molecule has 200 valence electrons. The number of ether oxygens (including phenoxy) is 2. The van der Waals surface area contributed by atoms with Gasteiger partial charge in [-0.2, -0.15) is 9.78 Å². The molecule has 5 rings (SSSR count). The Kier molecular flexibility index (Phi) is 7.96. The van der Waals surface area contributed by atoms with Crippen molar-refractivity contribution in [3.63, 3.8) is 0 Å². The lowest BCUT2D eigenvalue weighted by molar-refractivity contribution is 0.0728. The number of hydrogen-bond donors (Lipinski definition) is 0. The number of hydrogen-bond acceptors (Lipinski definition) is 6. The van der Waals surface area contributed by atoms with Crippen molar-refractivity contribution in [3.05, 3.63) is 122 Å². The van der Waals surface area contributed by atoms with E-state index in [1.165, 1.54) is 23.0 Å². The van der Waals surface area contributed by atoms with Gasteiger partial charge in [0.05, 0.1) is 34.3 Å². The molecule has 0 amide bonds. The third kappa shape index (κ3) is 5.76. The van der Waals surface area contributed by atoms with Gasteiger partial charge in [0.1, 0.15) is 0 Å². The summed E-state index contributed by atoms with van der Waals surface area (Å²) in [4.78, 5) is 30.9. The second kappa shape index (κ2) is 11.7. The van der Waals surface area contributed by atoms with Crippen LogP contribution in [0.3, 0.4) is 0 Å². The summed E-state index contributed by atoms with van der Waals surface area (Å²) in [6.45, 7) is 4.14. The molecule has 9 heteroatoms. The molecule has 7 nitrogen and oxygen atoms in total. The molecule has 0 atom stereocenters. The van der Waals surface area contributed by atoms with E-state index in [2.05, 4.69) is 5.10 Å². The SMILES string of the molecule is CCOc1cc(C=Nn2c(-c3ccc(C)cc3)nc3ccccc3c2=O)ccc1OC(=O)c1ccc(Cl)cc1Cl. The highest BCUT2D eigenvalue weighted by molar-refractivity contribution is 6.36. The van der Waals surface area contributed by atoms with E-state index in [0.29, 0.717) is 39.7 Å². The fourth-order valence-electron chi connectivity index (χ4n) is 4.01. The second-order valence-electron chi connectivity index (χ2n) is 8.83. The van der Waals surface area contributed by atoms with Gasteiger partial charge in [-0.15, -0.1) is 0 Å². The predicted octanol–water partition coefficient (Wildman–Crippen LogP) is 7.18. The zero-order chi connectivity index (χ0) is 28.2. The highest BCUT2D eigenvalue weighted by Gasteiger charge is 2.17. The first kappa shape index (κ1) is 27.1. The number of halogens is 2. The molecule has 0 aliphatic carbocycles. The van der Waals surface area contributed by atoms with Crippen molar-refractivity contribution in [3.8, 4) is 22.9 Å². The van der Waals surface area contributed by atoms with Crippen molar-refractivity contribution in [1.29, 1.82) is 0 Å². The first-order valence-corrected chi connectivity index (χ1v) is 13.2. The predicted molar refractivity (Wildman–Crippen MR) is 158 cm³/mol. The van der Waals surface area contributed by atoms with Crippen LogP contribution in [-0.4, -0.2) is 28.5 Å². The van der Waals surface area contributed by atoms with Crippen LogP contribution in [0.5, 0.6) is 11.5 Å². The van der Waals surface area contributed by atoms with Crippen molar-refractivity contribution >= 4 is 46.3 Å². The van der Waals surface area contributed by atoms with Gasteiger partial charge < -0.3 is 9.47 Å². The van der Waals surface area contributed by atoms with Gasteiger partial charge in [-0.05, 0) is 67.9 Å². The fraction of sp³-hybridized carbons (Fsp3) is 0.0968. The molecule has 1 aromatic heterocycles. The van der Waals surface area contributed by atoms with Crippen molar-refractivity contribution in [1.82, 2.24) is 9.66 Å². The van der Waals surface area contributed by atoms with E-state index in [1.54, 1.807) is 42.5 Å². The molecule has 0 spiro atoms. The lowest BCUT2D eigenvalue weighted by Crippen LogP contribution is -2.20. The number of rotatable bonds is 7. The Morgan fingerprint density at radius 1 is 0.975 bits per heavy atom. The van der Waals surface area contributed by atoms with Gasteiger partial charge >= 0.3 is 5.97 Å². The number of para-hydroxylation sites is 1. The lowest BCUT2D eigenvalue weighted by atomic mass is 10.1. The molecule has 40 heavy (non-hydrogen) atoms. The van der Waals surface area contributed by atoms with Gasteiger partial charge in [0.25, 0.3) is 5.56 Å². The van der Waals surface area contributed by atoms with Crippen molar-refractivity contribution in [2.24, 2.45) is 5.10 Å². The minimum atomic E-state index is -0.652. The van der Waals surface area contributed by atoms with E-state index < -0.39 is 5.97 Å². The van der Waals surface area contributed by atoms with Gasteiger partial charge in [0, 0.05) is 10.6 Å². The summed E-state index contributed by atoms with van der Waals surface area (Å²) >= 11 is 12.1. The molecular formula is C31H23Cl2N3O4. The second-order valence-corrected chi connectivity index (χ2v) is 9.68. The van der Waals surface area contributed by atoms with Crippen LogP contribution < -0.4 is 15.0 Å². The molecule has 1 heterocycles. The van der Waals surface area contributed by atoms with Crippen LogP contribution in [0.25, 0.3) is 22.3 Å². The first-order chi connectivity index (χ1) is 19.3. The first-order valence-electron chi connectivity index (χ1n) is 12.4. The topological polar surface area (TPSA) is 82.8 Å². The summed E-state index contributed by atoms with van der Waals surface area (Å²) in [5.41, 5.74) is 2.91. The van der Waals surface area contributed by atoms with E-state index in [4.69, 9.17) is 37.7 Å². The van der Waals surface area contributed by atoms with E-state index >= 15 is 0 Å². The van der Waals surface area contributed by atoms with Gasteiger partial charge in [-0.3, -0.25) is 4.79 Å². The molecule has 0 saturated carbocycles. The number of benzene rings is 4. The highest BCUT2D eigenvalue weighted by atomic mass is 35.5. The summed E-state index contributed by atoms with van der Waals surface area (Å²) in [5.74, 6) is 0.295. The largest absolute Gasteiger partial charge is 0.490 e. The third-order valence-corrected chi connectivity index (χ3v) is 6.55. The number of aromatic nitrogens is 2. The maximum Gasteiger partial charge on any atom is 0.345 e. The molecule has 4 aromatic carbocycles. The number of aryl methyl sites for hydroxylation is 1. The van der Waals surface area contributed by atoms with Crippen LogP contribution in [0.15, 0.2) is 94.8 Å². The van der Waals surface area contributed by atoms with Gasteiger partial charge in [-0.1, -0.05) is 65.2 Å². The molecule has 0 aliphatic rings. The highest BCUT2D eigenvalue weighted by Crippen LogP contribution is 2.30. The van der Waals surface area contributed by atoms with Crippen molar-refractivity contribution in [2.45, 2.75) is 13.8 Å². The van der Waals surface area contributed by atoms with Gasteiger partial charge in [0.2, 0.25) is 0 Å². The molecule has 0 aliphatic heterocycles. The van der Waals surface area contributed by atoms with E-state index in [-0.39, 0.29) is 21.9 Å². The number of carbonyl (C=O) groups excluding carboxylic acids is 1. The van der Waals surface area contributed by atoms with Gasteiger partial charge in [0.15, 0.2) is 17.3 Å². The molecule has 0 bridgehead atoms. The standard InChI is InChI=1S/C31H23Cl2N3O4/c1-3-39-28-16-20(10-15-27(28)40-31(38)23-14-13-22(32)17-25(23)33)18-34-36-29(21-11-8-19(2)9-12-21)35-26-7-5-4-6-24(26)30(36)37/h4-18H,3H2,1-2H3. The van der Waals surface area contributed by atoms with Gasteiger partial charge in [-0.25, -0.2) is 9.78 Å². The van der Waals surface area contributed by atoms with Crippen molar-refractivity contribution in [2.75, 3.05) is 6.61 Å². The van der Waals surface area contributed by atoms with Crippen LogP contribution in [0.2, 0.25) is 10.0 Å². The van der Waals surface area contributed by atoms with Crippen LogP contribution in [0.4, 0.5) is 0 Å². The van der Waals surface area contributed by atoms with E-state index in [9.17, 15) is 9.59 Å². The Morgan fingerprint density at radius 3 is 2.50 bits per heavy atom. The molecule has 5 aromatic rings. The normalized spacial score (nSPS) is 11.2. The summed E-state index contributed by atoms with van der Waals surface area (Å²) in [7, 11) is 0. The monoisotopic (exact) mass is 571 g/mol. The maximum absolute atomic E-state index is 13.4. The van der Waals surface area contributed by atoms with Crippen LogP contribution in [0, 0.1) is 6.92 Å².